The summed E-state index contributed by atoms with van der Waals surface area (Å²) >= 11 is 0. The summed E-state index contributed by atoms with van der Waals surface area (Å²) in [5.74, 6) is 0.188. The quantitative estimate of drug-likeness (QED) is 0.437. The molecule has 0 fully saturated rings. The number of unbranched alkanes of at least 4 members (excludes halogenated alkanes) is 3. The fraction of sp³-hybridized carbons (Fsp3) is 0.929. The third-order valence-corrected chi connectivity index (χ3v) is 3.23. The van der Waals surface area contributed by atoms with Crippen molar-refractivity contribution in [2.45, 2.75) is 45.4 Å². The van der Waals surface area contributed by atoms with Crippen LogP contribution >= 0.6 is 0 Å². The summed E-state index contributed by atoms with van der Waals surface area (Å²) in [4.78, 5) is 11.4. The average Bonchev–Trinajstić information content (AvgIpc) is 2.28. The van der Waals surface area contributed by atoms with Crippen molar-refractivity contribution in [3.8, 4) is 0 Å². The van der Waals surface area contributed by atoms with Gasteiger partial charge in [-0.25, -0.2) is 0 Å². The molecule has 0 spiro atoms. The third kappa shape index (κ3) is 10.5. The van der Waals surface area contributed by atoms with Crippen LogP contribution in [0.4, 0.5) is 0 Å². The van der Waals surface area contributed by atoms with E-state index in [4.69, 9.17) is 5.11 Å². The first kappa shape index (κ1) is 17.4. The van der Waals surface area contributed by atoms with Gasteiger partial charge in [0.2, 0.25) is 5.91 Å². The summed E-state index contributed by atoms with van der Waals surface area (Å²) in [7, 11) is 4.27. The highest BCUT2D eigenvalue weighted by Gasteiger charge is 2.12. The molecule has 0 aliphatic carbocycles. The van der Waals surface area contributed by atoms with Crippen LogP contribution in [-0.2, 0) is 4.79 Å². The lowest BCUT2D eigenvalue weighted by Crippen LogP contribution is -2.42. The van der Waals surface area contributed by atoms with Gasteiger partial charge < -0.3 is 14.9 Å². The van der Waals surface area contributed by atoms with Crippen LogP contribution < -0.4 is 5.32 Å². The molecule has 0 atom stereocenters. The third-order valence-electron chi connectivity index (χ3n) is 3.23. The maximum atomic E-state index is 11.4. The second-order valence-electron chi connectivity index (χ2n) is 5.62. The predicted octanol–water partition coefficient (Wildman–Crippen LogP) is 1.53. The van der Waals surface area contributed by atoms with Gasteiger partial charge in [0.05, 0.1) is 27.2 Å². The van der Waals surface area contributed by atoms with E-state index >= 15 is 0 Å². The molecule has 0 saturated heterocycles. The molecule has 0 bridgehead atoms. The Balaban J connectivity index is 3.42. The van der Waals surface area contributed by atoms with Crippen molar-refractivity contribution in [1.29, 1.82) is 0 Å². The van der Waals surface area contributed by atoms with E-state index in [2.05, 4.69) is 26.3 Å². The highest BCUT2D eigenvalue weighted by molar-refractivity contribution is 5.75. The summed E-state index contributed by atoms with van der Waals surface area (Å²) in [6.45, 7) is 5.05. The molecule has 0 aromatic rings. The molecule has 18 heavy (non-hydrogen) atoms. The van der Waals surface area contributed by atoms with Crippen molar-refractivity contribution in [2.75, 3.05) is 40.3 Å². The second-order valence-corrected chi connectivity index (χ2v) is 5.62. The van der Waals surface area contributed by atoms with Crippen LogP contribution in [0.3, 0.4) is 0 Å². The Morgan fingerprint density at radius 2 is 1.83 bits per heavy atom. The van der Waals surface area contributed by atoms with Crippen LogP contribution in [0.15, 0.2) is 0 Å². The number of rotatable bonds is 11. The zero-order chi connectivity index (χ0) is 13.9. The molecule has 0 heterocycles. The number of carbonyl (C=O) groups excluding carboxylic acids is 1. The van der Waals surface area contributed by atoms with E-state index in [0.29, 0.717) is 6.42 Å². The molecule has 4 nitrogen and oxygen atoms in total. The summed E-state index contributed by atoms with van der Waals surface area (Å²) < 4.78 is 0.860. The van der Waals surface area contributed by atoms with Crippen LogP contribution in [0.1, 0.15) is 45.4 Å². The number of nitrogens with zero attached hydrogens (tertiary/aromatic N) is 1. The molecule has 2 N–H and O–H groups in total. The molecule has 0 saturated carbocycles. The van der Waals surface area contributed by atoms with Gasteiger partial charge in [-0.1, -0.05) is 13.3 Å². The maximum Gasteiger partial charge on any atom is 0.219 e. The maximum absolute atomic E-state index is 11.4. The Hall–Kier alpha value is -0.610. The number of carbonyl (C=O) groups is 1. The number of aliphatic hydroxyl groups is 1. The van der Waals surface area contributed by atoms with Gasteiger partial charge in [-0.15, -0.1) is 0 Å². The molecule has 0 rings (SSSR count). The smallest absolute Gasteiger partial charge is 0.219 e. The number of hydrogen-bond acceptors (Lipinski definition) is 2. The lowest BCUT2D eigenvalue weighted by atomic mass is 10.1. The van der Waals surface area contributed by atoms with Gasteiger partial charge in [0.15, 0.2) is 0 Å². The second kappa shape index (κ2) is 10.3. The Bertz CT molecular complexity index is 218. The fourth-order valence-electron chi connectivity index (χ4n) is 1.88. The topological polar surface area (TPSA) is 49.3 Å². The summed E-state index contributed by atoms with van der Waals surface area (Å²) in [5.41, 5.74) is 0. The minimum atomic E-state index is 0.188. The Kier molecular flexibility index (Phi) is 9.98. The number of nitrogens with one attached hydrogen (secondary N) is 1. The lowest BCUT2D eigenvalue weighted by molar-refractivity contribution is -0.890. The summed E-state index contributed by atoms with van der Waals surface area (Å²) in [5, 5.41) is 11.8. The van der Waals surface area contributed by atoms with Crippen molar-refractivity contribution in [3.63, 3.8) is 0 Å². The number of likely N-dealkylation sites (N-methyl/N-ethyl adjacent to an activating group) is 1. The average molecular weight is 259 g/mol. The van der Waals surface area contributed by atoms with Crippen molar-refractivity contribution in [2.24, 2.45) is 0 Å². The Morgan fingerprint density at radius 3 is 2.44 bits per heavy atom. The number of amides is 1. The standard InChI is InChI=1S/C14H30N2O2/c1-4-5-10-15-14(18)9-7-6-8-11-16(2,3)12-13-17/h17H,4-13H2,1-3H3/p+1. The molecule has 0 radical (unpaired) electrons. The van der Waals surface area contributed by atoms with Gasteiger partial charge in [-0.2, -0.15) is 0 Å². The van der Waals surface area contributed by atoms with Gasteiger partial charge in [0, 0.05) is 13.0 Å². The molecule has 0 aliphatic rings. The molecular weight excluding hydrogens is 228 g/mol. The Labute approximate surface area is 112 Å². The first-order valence-electron chi connectivity index (χ1n) is 7.21. The van der Waals surface area contributed by atoms with Crippen molar-refractivity contribution >= 4 is 5.91 Å². The molecule has 0 aliphatic heterocycles. The normalized spacial score (nSPS) is 11.6. The molecule has 0 unspecified atom stereocenters. The molecular formula is C14H31N2O2+. The van der Waals surface area contributed by atoms with Gasteiger partial charge in [0.1, 0.15) is 6.54 Å². The predicted molar refractivity (Wildman–Crippen MR) is 75.3 cm³/mol. The molecule has 1 amide bonds. The number of quaternary nitrogens is 1. The SMILES string of the molecule is CCCCNC(=O)CCCCC[N+](C)(C)CCO. The fourth-order valence-corrected chi connectivity index (χ4v) is 1.88. The van der Waals surface area contributed by atoms with E-state index in [0.717, 1.165) is 56.2 Å². The van der Waals surface area contributed by atoms with Crippen LogP contribution in [-0.4, -0.2) is 55.8 Å². The first-order chi connectivity index (χ1) is 8.52. The van der Waals surface area contributed by atoms with Crippen LogP contribution in [0, 0.1) is 0 Å². The number of aliphatic hydroxyl groups excluding tert-OH is 1. The van der Waals surface area contributed by atoms with E-state index in [-0.39, 0.29) is 12.5 Å². The van der Waals surface area contributed by atoms with Crippen molar-refractivity contribution in [1.82, 2.24) is 5.32 Å². The van der Waals surface area contributed by atoms with Crippen molar-refractivity contribution < 1.29 is 14.4 Å². The van der Waals surface area contributed by atoms with E-state index in [1.54, 1.807) is 0 Å². The molecule has 0 aromatic heterocycles. The first-order valence-corrected chi connectivity index (χ1v) is 7.21. The van der Waals surface area contributed by atoms with E-state index in [1.165, 1.54) is 0 Å². The summed E-state index contributed by atoms with van der Waals surface area (Å²) in [6.07, 6.45) is 6.02. The highest BCUT2D eigenvalue weighted by atomic mass is 16.3. The van der Waals surface area contributed by atoms with E-state index in [1.807, 2.05) is 0 Å². The monoisotopic (exact) mass is 259 g/mol. The van der Waals surface area contributed by atoms with Crippen molar-refractivity contribution in [3.05, 3.63) is 0 Å². The largest absolute Gasteiger partial charge is 0.391 e. The zero-order valence-electron chi connectivity index (χ0n) is 12.4. The minimum absolute atomic E-state index is 0.188. The lowest BCUT2D eigenvalue weighted by Gasteiger charge is -2.28. The Morgan fingerprint density at radius 1 is 1.11 bits per heavy atom. The van der Waals surface area contributed by atoms with E-state index in [9.17, 15) is 4.79 Å². The van der Waals surface area contributed by atoms with Gasteiger partial charge >= 0.3 is 0 Å². The van der Waals surface area contributed by atoms with Crippen LogP contribution in [0.5, 0.6) is 0 Å². The number of hydrogen-bond donors (Lipinski definition) is 2. The molecule has 0 aromatic carbocycles. The van der Waals surface area contributed by atoms with E-state index < -0.39 is 0 Å². The van der Waals surface area contributed by atoms with Gasteiger partial charge in [0.25, 0.3) is 0 Å². The molecule has 108 valence electrons. The zero-order valence-corrected chi connectivity index (χ0v) is 12.4. The summed E-state index contributed by atoms with van der Waals surface area (Å²) in [6, 6.07) is 0. The van der Waals surface area contributed by atoms with Crippen LogP contribution in [0.25, 0.3) is 0 Å². The van der Waals surface area contributed by atoms with Crippen LogP contribution in [0.2, 0.25) is 0 Å². The highest BCUT2D eigenvalue weighted by Crippen LogP contribution is 2.05. The molecule has 4 heteroatoms. The van der Waals surface area contributed by atoms with Gasteiger partial charge in [-0.05, 0) is 25.7 Å². The van der Waals surface area contributed by atoms with Gasteiger partial charge in [-0.3, -0.25) is 4.79 Å². The minimum Gasteiger partial charge on any atom is -0.391 e.